The van der Waals surface area contributed by atoms with Gasteiger partial charge in [0.25, 0.3) is 5.91 Å². The topological polar surface area (TPSA) is 62.2 Å². The number of hydrogen-bond donors (Lipinski definition) is 2. The molecular formula is C12H19N5O. The molecule has 1 fully saturated rings. The second-order valence-electron chi connectivity index (χ2n) is 4.91. The van der Waals surface area contributed by atoms with Crippen molar-refractivity contribution in [1.29, 1.82) is 0 Å². The van der Waals surface area contributed by atoms with Crippen LogP contribution in [0.4, 0.5) is 5.95 Å². The molecule has 1 aromatic heterocycles. The Balaban J connectivity index is 1.66. The van der Waals surface area contributed by atoms with E-state index in [4.69, 9.17) is 0 Å². The zero-order valence-electron chi connectivity index (χ0n) is 10.5. The van der Waals surface area contributed by atoms with E-state index in [1.807, 2.05) is 15.8 Å². The summed E-state index contributed by atoms with van der Waals surface area (Å²) in [4.78, 5) is 16.4. The SMILES string of the molecule is O=C(NN1CCCCC1)c1cn2c(n1)NCCC2. The van der Waals surface area contributed by atoms with Crippen molar-refractivity contribution in [1.82, 2.24) is 20.0 Å². The summed E-state index contributed by atoms with van der Waals surface area (Å²) in [5.41, 5.74) is 3.44. The van der Waals surface area contributed by atoms with E-state index in [-0.39, 0.29) is 5.91 Å². The molecule has 1 aromatic rings. The van der Waals surface area contributed by atoms with Gasteiger partial charge in [-0.25, -0.2) is 9.99 Å². The number of imidazole rings is 1. The molecule has 2 aliphatic rings. The first-order chi connectivity index (χ1) is 8.83. The van der Waals surface area contributed by atoms with Crippen molar-refractivity contribution in [2.75, 3.05) is 25.0 Å². The molecule has 18 heavy (non-hydrogen) atoms. The molecule has 0 aromatic carbocycles. The molecule has 3 heterocycles. The van der Waals surface area contributed by atoms with Crippen molar-refractivity contribution in [3.8, 4) is 0 Å². The minimum Gasteiger partial charge on any atom is -0.356 e. The van der Waals surface area contributed by atoms with E-state index >= 15 is 0 Å². The van der Waals surface area contributed by atoms with Crippen molar-refractivity contribution in [3.63, 3.8) is 0 Å². The lowest BCUT2D eigenvalue weighted by Crippen LogP contribution is -2.45. The first kappa shape index (κ1) is 11.5. The number of aromatic nitrogens is 2. The van der Waals surface area contributed by atoms with Crippen molar-refractivity contribution in [2.45, 2.75) is 32.2 Å². The molecule has 6 nitrogen and oxygen atoms in total. The summed E-state index contributed by atoms with van der Waals surface area (Å²) >= 11 is 0. The van der Waals surface area contributed by atoms with Gasteiger partial charge in [-0.1, -0.05) is 6.42 Å². The van der Waals surface area contributed by atoms with Crippen LogP contribution in [0.25, 0.3) is 0 Å². The number of rotatable bonds is 2. The lowest BCUT2D eigenvalue weighted by molar-refractivity contribution is 0.0745. The zero-order valence-corrected chi connectivity index (χ0v) is 10.5. The largest absolute Gasteiger partial charge is 0.356 e. The highest BCUT2D eigenvalue weighted by atomic mass is 16.2. The number of piperidine rings is 1. The maximum atomic E-state index is 12.1. The summed E-state index contributed by atoms with van der Waals surface area (Å²) in [6.45, 7) is 3.76. The van der Waals surface area contributed by atoms with Gasteiger partial charge in [0, 0.05) is 32.4 Å². The number of anilines is 1. The summed E-state index contributed by atoms with van der Waals surface area (Å²) in [6.07, 6.45) is 6.48. The number of carbonyl (C=O) groups excluding carboxylic acids is 1. The number of nitrogens with zero attached hydrogens (tertiary/aromatic N) is 3. The first-order valence-electron chi connectivity index (χ1n) is 6.70. The summed E-state index contributed by atoms with van der Waals surface area (Å²) < 4.78 is 2.01. The van der Waals surface area contributed by atoms with Crippen LogP contribution in [0.5, 0.6) is 0 Å². The molecule has 0 aliphatic carbocycles. The third kappa shape index (κ3) is 2.33. The fraction of sp³-hybridized carbons (Fsp3) is 0.667. The van der Waals surface area contributed by atoms with E-state index in [9.17, 15) is 4.79 Å². The van der Waals surface area contributed by atoms with Crippen LogP contribution in [0.1, 0.15) is 36.2 Å². The van der Waals surface area contributed by atoms with Gasteiger partial charge in [0.15, 0.2) is 0 Å². The molecule has 0 bridgehead atoms. The van der Waals surface area contributed by atoms with Crippen LogP contribution in [0, 0.1) is 0 Å². The van der Waals surface area contributed by atoms with Crippen LogP contribution in [-0.4, -0.2) is 40.1 Å². The Morgan fingerprint density at radius 1 is 1.22 bits per heavy atom. The third-order valence-electron chi connectivity index (χ3n) is 3.48. The minimum atomic E-state index is -0.0967. The number of aryl methyl sites for hydroxylation is 1. The molecule has 3 rings (SSSR count). The summed E-state index contributed by atoms with van der Waals surface area (Å²) in [7, 11) is 0. The standard InChI is InChI=1S/C12H19N5O/c18-11(15-17-7-2-1-3-8-17)10-9-16-6-4-5-13-12(16)14-10/h9H,1-8H2,(H,13,14)(H,15,18). The Morgan fingerprint density at radius 2 is 2.06 bits per heavy atom. The molecular weight excluding hydrogens is 230 g/mol. The quantitative estimate of drug-likeness (QED) is 0.815. The van der Waals surface area contributed by atoms with Crippen LogP contribution in [0.3, 0.4) is 0 Å². The highest BCUT2D eigenvalue weighted by Gasteiger charge is 2.19. The van der Waals surface area contributed by atoms with Gasteiger partial charge in [0.2, 0.25) is 5.95 Å². The Labute approximate surface area is 106 Å². The molecule has 2 N–H and O–H groups in total. The Kier molecular flexibility index (Phi) is 3.19. The Bertz CT molecular complexity index is 412. The normalized spacial score (nSPS) is 20.0. The van der Waals surface area contributed by atoms with Crippen LogP contribution in [-0.2, 0) is 6.54 Å². The number of nitrogens with one attached hydrogen (secondary N) is 2. The first-order valence-corrected chi connectivity index (χ1v) is 6.70. The second-order valence-corrected chi connectivity index (χ2v) is 4.91. The lowest BCUT2D eigenvalue weighted by atomic mass is 10.2. The molecule has 1 amide bonds. The average Bonchev–Trinajstić information content (AvgIpc) is 2.84. The summed E-state index contributed by atoms with van der Waals surface area (Å²) in [5, 5.41) is 5.20. The fourth-order valence-electron chi connectivity index (χ4n) is 2.49. The molecule has 98 valence electrons. The van der Waals surface area contributed by atoms with Crippen molar-refractivity contribution >= 4 is 11.9 Å². The van der Waals surface area contributed by atoms with Gasteiger partial charge >= 0.3 is 0 Å². The molecule has 0 saturated carbocycles. The van der Waals surface area contributed by atoms with E-state index in [0.29, 0.717) is 5.69 Å². The van der Waals surface area contributed by atoms with Gasteiger partial charge in [0.1, 0.15) is 5.69 Å². The molecule has 0 unspecified atom stereocenters. The predicted octanol–water partition coefficient (Wildman–Crippen LogP) is 0.829. The van der Waals surface area contributed by atoms with E-state index < -0.39 is 0 Å². The third-order valence-corrected chi connectivity index (χ3v) is 3.48. The molecule has 6 heteroatoms. The van der Waals surface area contributed by atoms with Gasteiger partial charge < -0.3 is 9.88 Å². The predicted molar refractivity (Wildman–Crippen MR) is 68.2 cm³/mol. The molecule has 0 atom stereocenters. The van der Waals surface area contributed by atoms with Gasteiger partial charge in [-0.2, -0.15) is 0 Å². The van der Waals surface area contributed by atoms with Gasteiger partial charge in [-0.3, -0.25) is 10.2 Å². The van der Waals surface area contributed by atoms with Crippen molar-refractivity contribution < 1.29 is 4.79 Å². The van der Waals surface area contributed by atoms with Crippen LogP contribution in [0.2, 0.25) is 0 Å². The highest BCUT2D eigenvalue weighted by molar-refractivity contribution is 5.92. The van der Waals surface area contributed by atoms with Crippen LogP contribution < -0.4 is 10.7 Å². The van der Waals surface area contributed by atoms with Crippen molar-refractivity contribution in [2.24, 2.45) is 0 Å². The van der Waals surface area contributed by atoms with E-state index in [2.05, 4.69) is 15.7 Å². The Hall–Kier alpha value is -1.56. The number of hydrogen-bond acceptors (Lipinski definition) is 4. The fourth-order valence-corrected chi connectivity index (χ4v) is 2.49. The number of hydrazine groups is 1. The average molecular weight is 249 g/mol. The number of fused-ring (bicyclic) bond motifs is 1. The smallest absolute Gasteiger partial charge is 0.285 e. The molecule has 0 spiro atoms. The van der Waals surface area contributed by atoms with E-state index in [1.54, 1.807) is 0 Å². The highest BCUT2D eigenvalue weighted by Crippen LogP contribution is 2.14. The summed E-state index contributed by atoms with van der Waals surface area (Å²) in [6, 6.07) is 0. The maximum Gasteiger partial charge on any atom is 0.285 e. The van der Waals surface area contributed by atoms with E-state index in [0.717, 1.165) is 51.4 Å². The molecule has 1 saturated heterocycles. The Morgan fingerprint density at radius 3 is 2.83 bits per heavy atom. The zero-order chi connectivity index (χ0) is 12.4. The molecule has 0 radical (unpaired) electrons. The second kappa shape index (κ2) is 4.97. The van der Waals surface area contributed by atoms with Gasteiger partial charge in [-0.05, 0) is 19.3 Å². The minimum absolute atomic E-state index is 0.0967. The monoisotopic (exact) mass is 249 g/mol. The van der Waals surface area contributed by atoms with Crippen LogP contribution in [0.15, 0.2) is 6.20 Å². The van der Waals surface area contributed by atoms with Crippen LogP contribution >= 0.6 is 0 Å². The lowest BCUT2D eigenvalue weighted by Gasteiger charge is -2.26. The molecule has 2 aliphatic heterocycles. The number of amides is 1. The van der Waals surface area contributed by atoms with Gasteiger partial charge in [0.05, 0.1) is 0 Å². The van der Waals surface area contributed by atoms with Crippen molar-refractivity contribution in [3.05, 3.63) is 11.9 Å². The summed E-state index contributed by atoms with van der Waals surface area (Å²) in [5.74, 6) is 0.714. The van der Waals surface area contributed by atoms with Gasteiger partial charge in [-0.15, -0.1) is 0 Å². The maximum absolute atomic E-state index is 12.1. The van der Waals surface area contributed by atoms with E-state index in [1.165, 1.54) is 6.42 Å². The number of carbonyl (C=O) groups is 1.